The Hall–Kier alpha value is -2.36. The maximum Gasteiger partial charge on any atom is 0.256 e. The largest absolute Gasteiger partial charge is 0.497 e. The van der Waals surface area contributed by atoms with Crippen LogP contribution in [0.2, 0.25) is 0 Å². The Kier molecular flexibility index (Phi) is 4.55. The van der Waals surface area contributed by atoms with Gasteiger partial charge in [0.25, 0.3) is 5.91 Å². The van der Waals surface area contributed by atoms with Gasteiger partial charge in [-0.3, -0.25) is 4.79 Å². The fraction of sp³-hybridized carbons (Fsp3) is 0.400. The smallest absolute Gasteiger partial charge is 0.256 e. The predicted octanol–water partition coefficient (Wildman–Crippen LogP) is 4.04. The van der Waals surface area contributed by atoms with Gasteiger partial charge in [-0.25, -0.2) is 0 Å². The SMILES string of the molecule is COc1cccc(C(=O)Nc2sc3c(c2C#N)CC(C)(C)NC3(C)C)c1. The molecule has 26 heavy (non-hydrogen) atoms. The first-order valence-corrected chi connectivity index (χ1v) is 9.29. The highest BCUT2D eigenvalue weighted by Crippen LogP contribution is 2.44. The third-order valence-electron chi connectivity index (χ3n) is 4.52. The molecule has 1 aliphatic rings. The summed E-state index contributed by atoms with van der Waals surface area (Å²) in [6, 6.07) is 9.28. The van der Waals surface area contributed by atoms with Crippen LogP contribution in [0.3, 0.4) is 0 Å². The molecule has 0 spiro atoms. The molecule has 0 unspecified atom stereocenters. The van der Waals surface area contributed by atoms with Gasteiger partial charge in [0, 0.05) is 21.5 Å². The van der Waals surface area contributed by atoms with Crippen molar-refractivity contribution >= 4 is 22.2 Å². The van der Waals surface area contributed by atoms with Crippen LogP contribution in [0.5, 0.6) is 5.75 Å². The van der Waals surface area contributed by atoms with Crippen molar-refractivity contribution in [2.24, 2.45) is 0 Å². The first-order valence-electron chi connectivity index (χ1n) is 8.48. The van der Waals surface area contributed by atoms with Gasteiger partial charge in [0.1, 0.15) is 16.8 Å². The normalized spacial score (nSPS) is 17.1. The summed E-state index contributed by atoms with van der Waals surface area (Å²) in [5.41, 5.74) is 1.73. The third kappa shape index (κ3) is 3.33. The molecule has 3 rings (SSSR count). The molecule has 1 amide bonds. The van der Waals surface area contributed by atoms with Crippen LogP contribution in [0, 0.1) is 11.3 Å². The van der Waals surface area contributed by atoms with Crippen molar-refractivity contribution in [2.45, 2.75) is 45.2 Å². The van der Waals surface area contributed by atoms with Gasteiger partial charge in [0.05, 0.1) is 12.7 Å². The molecular formula is C20H23N3O2S. The first-order chi connectivity index (χ1) is 12.2. The quantitative estimate of drug-likeness (QED) is 0.856. The Bertz CT molecular complexity index is 906. The maximum atomic E-state index is 12.7. The summed E-state index contributed by atoms with van der Waals surface area (Å²) in [6.07, 6.45) is 0.750. The van der Waals surface area contributed by atoms with Gasteiger partial charge in [0.2, 0.25) is 0 Å². The highest BCUT2D eigenvalue weighted by molar-refractivity contribution is 7.17. The van der Waals surface area contributed by atoms with E-state index in [1.54, 1.807) is 31.4 Å². The second-order valence-electron chi connectivity index (χ2n) is 7.72. The average Bonchev–Trinajstić information content (AvgIpc) is 2.90. The number of nitrogens with zero attached hydrogens (tertiary/aromatic N) is 1. The van der Waals surface area contributed by atoms with E-state index in [1.165, 1.54) is 11.3 Å². The van der Waals surface area contributed by atoms with E-state index in [0.717, 1.165) is 16.9 Å². The van der Waals surface area contributed by atoms with Crippen LogP contribution in [0.15, 0.2) is 24.3 Å². The molecule has 2 N–H and O–H groups in total. The lowest BCUT2D eigenvalue weighted by atomic mass is 9.81. The second-order valence-corrected chi connectivity index (χ2v) is 8.74. The zero-order chi connectivity index (χ0) is 19.1. The molecular weight excluding hydrogens is 346 g/mol. The molecule has 0 bridgehead atoms. The summed E-state index contributed by atoms with van der Waals surface area (Å²) in [4.78, 5) is 13.8. The Morgan fingerprint density at radius 3 is 2.73 bits per heavy atom. The number of nitrogens with one attached hydrogen (secondary N) is 2. The van der Waals surface area contributed by atoms with Gasteiger partial charge in [-0.15, -0.1) is 11.3 Å². The minimum atomic E-state index is -0.258. The van der Waals surface area contributed by atoms with Gasteiger partial charge in [-0.1, -0.05) is 6.07 Å². The van der Waals surface area contributed by atoms with Gasteiger partial charge in [0.15, 0.2) is 0 Å². The zero-order valence-electron chi connectivity index (χ0n) is 15.7. The van der Waals surface area contributed by atoms with Crippen LogP contribution >= 0.6 is 11.3 Å². The van der Waals surface area contributed by atoms with E-state index in [0.29, 0.717) is 21.9 Å². The van der Waals surface area contributed by atoms with Crippen LogP contribution in [-0.4, -0.2) is 18.6 Å². The Labute approximate surface area is 158 Å². The fourth-order valence-electron chi connectivity index (χ4n) is 3.67. The molecule has 2 aromatic rings. The summed E-state index contributed by atoms with van der Waals surface area (Å²) in [6.45, 7) is 8.48. The van der Waals surface area contributed by atoms with E-state index in [4.69, 9.17) is 4.74 Å². The number of carbonyl (C=O) groups excluding carboxylic acids is 1. The van der Waals surface area contributed by atoms with Gasteiger partial charge in [-0.2, -0.15) is 5.26 Å². The van der Waals surface area contributed by atoms with Crippen molar-refractivity contribution in [1.82, 2.24) is 5.32 Å². The minimum absolute atomic E-state index is 0.114. The van der Waals surface area contributed by atoms with E-state index < -0.39 is 0 Å². The number of amides is 1. The monoisotopic (exact) mass is 369 g/mol. The third-order valence-corrected chi connectivity index (χ3v) is 5.99. The highest BCUT2D eigenvalue weighted by Gasteiger charge is 2.40. The van der Waals surface area contributed by atoms with Crippen molar-refractivity contribution < 1.29 is 9.53 Å². The number of anilines is 1. The number of ether oxygens (including phenoxy) is 1. The number of hydrogen-bond acceptors (Lipinski definition) is 5. The lowest BCUT2D eigenvalue weighted by Crippen LogP contribution is -2.54. The molecule has 0 saturated heterocycles. The van der Waals surface area contributed by atoms with Crippen LogP contribution < -0.4 is 15.4 Å². The lowest BCUT2D eigenvalue weighted by Gasteiger charge is -2.42. The number of carbonyl (C=O) groups is 1. The Morgan fingerprint density at radius 2 is 2.08 bits per heavy atom. The van der Waals surface area contributed by atoms with Crippen LogP contribution in [0.25, 0.3) is 0 Å². The number of methoxy groups -OCH3 is 1. The lowest BCUT2D eigenvalue weighted by molar-refractivity contribution is 0.102. The van der Waals surface area contributed by atoms with E-state index in [1.807, 2.05) is 0 Å². The summed E-state index contributed by atoms with van der Waals surface area (Å²) < 4.78 is 5.18. The molecule has 0 fully saturated rings. The summed E-state index contributed by atoms with van der Waals surface area (Å²) >= 11 is 1.48. The molecule has 1 aromatic carbocycles. The number of nitriles is 1. The summed E-state index contributed by atoms with van der Waals surface area (Å²) in [5.74, 6) is 0.375. The molecule has 5 nitrogen and oxygen atoms in total. The zero-order valence-corrected chi connectivity index (χ0v) is 16.5. The molecule has 0 atom stereocenters. The van der Waals surface area contributed by atoms with Crippen molar-refractivity contribution in [3.8, 4) is 11.8 Å². The average molecular weight is 369 g/mol. The molecule has 0 saturated carbocycles. The van der Waals surface area contributed by atoms with Crippen LogP contribution in [0.4, 0.5) is 5.00 Å². The molecule has 0 radical (unpaired) electrons. The number of fused-ring (bicyclic) bond motifs is 1. The molecule has 1 aliphatic heterocycles. The van der Waals surface area contributed by atoms with Crippen molar-refractivity contribution in [3.63, 3.8) is 0 Å². The van der Waals surface area contributed by atoms with E-state index in [9.17, 15) is 10.1 Å². The van der Waals surface area contributed by atoms with E-state index in [2.05, 4.69) is 44.4 Å². The summed E-state index contributed by atoms with van der Waals surface area (Å²) in [7, 11) is 1.56. The minimum Gasteiger partial charge on any atom is -0.497 e. The van der Waals surface area contributed by atoms with Gasteiger partial charge >= 0.3 is 0 Å². The van der Waals surface area contributed by atoms with E-state index in [-0.39, 0.29) is 17.0 Å². The number of thiophene rings is 1. The standard InChI is InChI=1S/C20H23N3O2S/c1-19(2)10-14-15(11-21)18(26-16(14)20(3,4)23-19)22-17(24)12-7-6-8-13(9-12)25-5/h6-9,23H,10H2,1-5H3,(H,22,24). The van der Waals surface area contributed by atoms with Crippen molar-refractivity contribution in [1.29, 1.82) is 5.26 Å². The van der Waals surface area contributed by atoms with Gasteiger partial charge in [-0.05, 0) is 57.9 Å². The summed E-state index contributed by atoms with van der Waals surface area (Å²) in [5, 5.41) is 16.9. The number of hydrogen-bond donors (Lipinski definition) is 2. The number of benzene rings is 1. The molecule has 136 valence electrons. The van der Waals surface area contributed by atoms with Gasteiger partial charge < -0.3 is 15.4 Å². The maximum absolute atomic E-state index is 12.7. The van der Waals surface area contributed by atoms with E-state index >= 15 is 0 Å². The second kappa shape index (κ2) is 6.42. The predicted molar refractivity (Wildman–Crippen MR) is 104 cm³/mol. The topological polar surface area (TPSA) is 74.1 Å². The fourth-order valence-corrected chi connectivity index (χ4v) is 4.90. The van der Waals surface area contributed by atoms with Crippen LogP contribution in [-0.2, 0) is 12.0 Å². The molecule has 0 aliphatic carbocycles. The highest BCUT2D eigenvalue weighted by atomic mass is 32.1. The van der Waals surface area contributed by atoms with Crippen molar-refractivity contribution in [3.05, 3.63) is 45.8 Å². The Morgan fingerprint density at radius 1 is 1.35 bits per heavy atom. The first kappa shape index (κ1) is 18.4. The van der Waals surface area contributed by atoms with Crippen molar-refractivity contribution in [2.75, 3.05) is 12.4 Å². The number of rotatable bonds is 3. The molecule has 6 heteroatoms. The molecule has 1 aromatic heterocycles. The molecule has 2 heterocycles. The van der Waals surface area contributed by atoms with Crippen LogP contribution in [0.1, 0.15) is 54.1 Å². The Balaban J connectivity index is 1.98.